The second-order valence-corrected chi connectivity index (χ2v) is 3.55. The van der Waals surface area contributed by atoms with Crippen LogP contribution in [0.4, 0.5) is 5.69 Å². The highest BCUT2D eigenvalue weighted by Crippen LogP contribution is 2.30. The molecule has 0 saturated carbocycles. The molecule has 0 N–H and O–H groups in total. The van der Waals surface area contributed by atoms with E-state index in [2.05, 4.69) is 39.4 Å². The summed E-state index contributed by atoms with van der Waals surface area (Å²) in [6.45, 7) is 2.12. The number of hydrogen-bond acceptors (Lipinski definition) is 1. The molecule has 1 heterocycles. The molecular weight excluding hydrogens is 165 g/mol. The zero-order chi connectivity index (χ0) is 8.55. The predicted molar refractivity (Wildman–Crippen MR) is 56.6 cm³/mol. The van der Waals surface area contributed by atoms with Gasteiger partial charge >= 0.3 is 0 Å². The van der Waals surface area contributed by atoms with Gasteiger partial charge in [0, 0.05) is 18.3 Å². The van der Waals surface area contributed by atoms with Gasteiger partial charge in [-0.3, -0.25) is 4.99 Å². The van der Waals surface area contributed by atoms with Crippen LogP contribution in [0.25, 0.3) is 0 Å². The van der Waals surface area contributed by atoms with Gasteiger partial charge in [-0.2, -0.15) is 0 Å². The van der Waals surface area contributed by atoms with Gasteiger partial charge in [-0.05, 0) is 18.1 Å². The molecule has 12 heavy (non-hydrogen) atoms. The fourth-order valence-electron chi connectivity index (χ4n) is 1.56. The number of para-hydroxylation sites is 1. The Balaban J connectivity index is 2.48. The maximum Gasteiger partial charge on any atom is 0.0694 e. The topological polar surface area (TPSA) is 12.4 Å². The van der Waals surface area contributed by atoms with Crippen LogP contribution in [0.2, 0.25) is 0 Å². The Kier molecular flexibility index (Phi) is 1.98. The van der Waals surface area contributed by atoms with Crippen LogP contribution in [-0.4, -0.2) is 11.9 Å². The molecule has 1 unspecified atom stereocenters. The van der Waals surface area contributed by atoms with E-state index in [1.165, 1.54) is 22.5 Å². The molecule has 0 saturated heterocycles. The van der Waals surface area contributed by atoms with Crippen molar-refractivity contribution < 1.29 is 0 Å². The van der Waals surface area contributed by atoms with Crippen LogP contribution in [0.15, 0.2) is 23.2 Å². The minimum atomic E-state index is 0.994. The third-order valence-electron chi connectivity index (χ3n) is 2.22. The Morgan fingerprint density at radius 3 is 3.00 bits per heavy atom. The summed E-state index contributed by atoms with van der Waals surface area (Å²) in [5.74, 6) is 0. The number of hydrogen-bond donors (Lipinski definition) is 0. The molecule has 0 fully saturated rings. The lowest BCUT2D eigenvalue weighted by atomic mass is 10.1. The summed E-state index contributed by atoms with van der Waals surface area (Å²) in [7, 11) is 2.73. The third kappa shape index (κ3) is 1.19. The van der Waals surface area contributed by atoms with Crippen LogP contribution in [-0.2, 0) is 6.42 Å². The van der Waals surface area contributed by atoms with E-state index in [-0.39, 0.29) is 0 Å². The number of fused-ring (bicyclic) bond motifs is 1. The van der Waals surface area contributed by atoms with Crippen LogP contribution >= 0.6 is 9.24 Å². The summed E-state index contributed by atoms with van der Waals surface area (Å²) in [4.78, 5) is 4.57. The Bertz CT molecular complexity index is 342. The maximum atomic E-state index is 4.57. The lowest BCUT2D eigenvalue weighted by Gasteiger charge is -1.98. The monoisotopic (exact) mass is 177 g/mol. The SMILES string of the molecule is Cc1cccc2c1N=C(CP)C2. The summed E-state index contributed by atoms with van der Waals surface area (Å²) in [6, 6.07) is 6.39. The first-order chi connectivity index (χ1) is 5.81. The van der Waals surface area contributed by atoms with Gasteiger partial charge < -0.3 is 0 Å². The summed E-state index contributed by atoms with van der Waals surface area (Å²) < 4.78 is 0. The van der Waals surface area contributed by atoms with E-state index in [0.29, 0.717) is 0 Å². The fourth-order valence-corrected chi connectivity index (χ4v) is 1.79. The lowest BCUT2D eigenvalue weighted by Crippen LogP contribution is -1.97. The van der Waals surface area contributed by atoms with Crippen LogP contribution in [0, 0.1) is 6.92 Å². The van der Waals surface area contributed by atoms with E-state index in [0.717, 1.165) is 12.6 Å². The molecule has 0 bridgehead atoms. The number of benzene rings is 1. The zero-order valence-electron chi connectivity index (χ0n) is 7.17. The van der Waals surface area contributed by atoms with E-state index in [1.807, 2.05) is 0 Å². The second kappa shape index (κ2) is 2.99. The molecule has 1 aliphatic heterocycles. The van der Waals surface area contributed by atoms with Gasteiger partial charge in [-0.15, -0.1) is 9.24 Å². The second-order valence-electron chi connectivity index (χ2n) is 3.14. The molecule has 1 nitrogen and oxygen atoms in total. The summed E-state index contributed by atoms with van der Waals surface area (Å²) >= 11 is 0. The molecule has 1 aliphatic rings. The van der Waals surface area contributed by atoms with E-state index in [4.69, 9.17) is 0 Å². The van der Waals surface area contributed by atoms with Crippen molar-refractivity contribution >= 4 is 20.6 Å². The van der Waals surface area contributed by atoms with Gasteiger partial charge in [0.05, 0.1) is 5.69 Å². The molecule has 2 rings (SSSR count). The number of aliphatic imine (C=N–C) groups is 1. The molecule has 0 amide bonds. The Morgan fingerprint density at radius 1 is 1.50 bits per heavy atom. The average Bonchev–Trinajstić information content (AvgIpc) is 2.49. The molecule has 1 aromatic carbocycles. The minimum absolute atomic E-state index is 0.994. The highest BCUT2D eigenvalue weighted by molar-refractivity contribution is 7.18. The van der Waals surface area contributed by atoms with Crippen molar-refractivity contribution in [1.82, 2.24) is 0 Å². The van der Waals surface area contributed by atoms with E-state index in [1.54, 1.807) is 0 Å². The zero-order valence-corrected chi connectivity index (χ0v) is 8.33. The number of rotatable bonds is 1. The van der Waals surface area contributed by atoms with Crippen molar-refractivity contribution in [3.8, 4) is 0 Å². The standard InChI is InChI=1S/C10H12NP/c1-7-3-2-4-8-5-9(6-12)11-10(7)8/h2-4H,5-6,12H2,1H3. The van der Waals surface area contributed by atoms with Crippen molar-refractivity contribution in [2.75, 3.05) is 6.16 Å². The third-order valence-corrected chi connectivity index (χ3v) is 2.69. The Morgan fingerprint density at radius 2 is 2.33 bits per heavy atom. The van der Waals surface area contributed by atoms with Crippen molar-refractivity contribution in [1.29, 1.82) is 0 Å². The molecule has 0 aliphatic carbocycles. The van der Waals surface area contributed by atoms with Crippen LogP contribution < -0.4 is 0 Å². The summed E-state index contributed by atoms with van der Waals surface area (Å²) in [5.41, 5.74) is 5.16. The molecule has 2 heteroatoms. The normalized spacial score (nSPS) is 14.3. The summed E-state index contributed by atoms with van der Waals surface area (Å²) in [6.07, 6.45) is 2.04. The molecule has 62 valence electrons. The first-order valence-corrected chi connectivity index (χ1v) is 4.98. The fraction of sp³-hybridized carbons (Fsp3) is 0.300. The molecule has 1 aromatic rings. The van der Waals surface area contributed by atoms with Gasteiger partial charge in [-0.1, -0.05) is 18.2 Å². The Hall–Kier alpha value is -0.680. The van der Waals surface area contributed by atoms with Crippen LogP contribution in [0.1, 0.15) is 11.1 Å². The van der Waals surface area contributed by atoms with Gasteiger partial charge in [0.2, 0.25) is 0 Å². The van der Waals surface area contributed by atoms with E-state index < -0.39 is 0 Å². The predicted octanol–water partition coefficient (Wildman–Crippen LogP) is 2.50. The highest BCUT2D eigenvalue weighted by Gasteiger charge is 2.13. The molecule has 1 atom stereocenters. The van der Waals surface area contributed by atoms with Crippen molar-refractivity contribution in [2.45, 2.75) is 13.3 Å². The van der Waals surface area contributed by atoms with Crippen LogP contribution in [0.5, 0.6) is 0 Å². The average molecular weight is 177 g/mol. The summed E-state index contributed by atoms with van der Waals surface area (Å²) in [5, 5.41) is 0. The van der Waals surface area contributed by atoms with Gasteiger partial charge in [-0.25, -0.2) is 0 Å². The van der Waals surface area contributed by atoms with E-state index in [9.17, 15) is 0 Å². The number of aryl methyl sites for hydroxylation is 1. The minimum Gasteiger partial charge on any atom is -0.257 e. The molecule has 0 radical (unpaired) electrons. The molecule has 0 aromatic heterocycles. The van der Waals surface area contributed by atoms with Gasteiger partial charge in [0.15, 0.2) is 0 Å². The number of nitrogens with zero attached hydrogens (tertiary/aromatic N) is 1. The lowest BCUT2D eigenvalue weighted by molar-refractivity contribution is 1.35. The highest BCUT2D eigenvalue weighted by atomic mass is 31.0. The van der Waals surface area contributed by atoms with Crippen LogP contribution in [0.3, 0.4) is 0 Å². The van der Waals surface area contributed by atoms with Crippen molar-refractivity contribution in [2.24, 2.45) is 4.99 Å². The molecule has 0 spiro atoms. The largest absolute Gasteiger partial charge is 0.257 e. The first kappa shape index (κ1) is 7.94. The quantitative estimate of drug-likeness (QED) is 0.584. The maximum absolute atomic E-state index is 4.57. The smallest absolute Gasteiger partial charge is 0.0694 e. The van der Waals surface area contributed by atoms with Crippen molar-refractivity contribution in [3.05, 3.63) is 29.3 Å². The van der Waals surface area contributed by atoms with Crippen molar-refractivity contribution in [3.63, 3.8) is 0 Å². The van der Waals surface area contributed by atoms with Gasteiger partial charge in [0.1, 0.15) is 0 Å². The molecular formula is C10H12NP. The Labute approximate surface area is 75.1 Å². The first-order valence-electron chi connectivity index (χ1n) is 4.16. The van der Waals surface area contributed by atoms with E-state index >= 15 is 0 Å². The van der Waals surface area contributed by atoms with Gasteiger partial charge in [0.25, 0.3) is 0 Å².